The highest BCUT2D eigenvalue weighted by molar-refractivity contribution is 5.76. The minimum absolute atomic E-state index is 0.0720. The van der Waals surface area contributed by atoms with Crippen LogP contribution in [0, 0.1) is 11.3 Å². The Labute approximate surface area is 59.8 Å². The summed E-state index contributed by atoms with van der Waals surface area (Å²) in [5.41, 5.74) is 0. The summed E-state index contributed by atoms with van der Waals surface area (Å²) < 4.78 is 4.65. The Morgan fingerprint density at radius 2 is 2.50 bits per heavy atom. The van der Waals surface area contributed by atoms with E-state index < -0.39 is 0 Å². The smallest absolute Gasteiger partial charge is 0.223 e. The number of nitrogens with zero attached hydrogens (tertiary/aromatic N) is 1. The monoisotopic (exact) mass is 142 g/mol. The van der Waals surface area contributed by atoms with E-state index in [1.165, 1.54) is 7.11 Å². The van der Waals surface area contributed by atoms with Crippen molar-refractivity contribution in [1.29, 1.82) is 5.26 Å². The third-order valence-corrected chi connectivity index (χ3v) is 0.898. The SMILES string of the molecule is COCCC(=O)NCC#N. The third-order valence-electron chi connectivity index (χ3n) is 0.898. The number of nitriles is 1. The van der Waals surface area contributed by atoms with E-state index in [-0.39, 0.29) is 12.5 Å². The van der Waals surface area contributed by atoms with Crippen LogP contribution in [0.5, 0.6) is 0 Å². The van der Waals surface area contributed by atoms with Crippen molar-refractivity contribution in [2.75, 3.05) is 20.3 Å². The summed E-state index contributed by atoms with van der Waals surface area (Å²) in [5, 5.41) is 10.4. The summed E-state index contributed by atoms with van der Waals surface area (Å²) in [6, 6.07) is 1.80. The molecule has 4 nitrogen and oxygen atoms in total. The van der Waals surface area contributed by atoms with Crippen molar-refractivity contribution in [3.05, 3.63) is 0 Å². The highest BCUT2D eigenvalue weighted by Crippen LogP contribution is 1.78. The second kappa shape index (κ2) is 6.05. The lowest BCUT2D eigenvalue weighted by Gasteiger charge is -1.97. The molecule has 56 valence electrons. The number of rotatable bonds is 4. The number of carbonyl (C=O) groups is 1. The molecule has 0 heterocycles. The summed E-state index contributed by atoms with van der Waals surface area (Å²) in [4.78, 5) is 10.6. The van der Waals surface area contributed by atoms with Gasteiger partial charge >= 0.3 is 0 Å². The van der Waals surface area contributed by atoms with Gasteiger partial charge in [-0.3, -0.25) is 4.79 Å². The Bertz CT molecular complexity index is 139. The lowest BCUT2D eigenvalue weighted by Crippen LogP contribution is -2.24. The summed E-state index contributed by atoms with van der Waals surface area (Å²) in [6.45, 7) is 0.472. The third kappa shape index (κ3) is 5.06. The van der Waals surface area contributed by atoms with Crippen LogP contribution in [0.1, 0.15) is 6.42 Å². The molecule has 0 aliphatic carbocycles. The van der Waals surface area contributed by atoms with E-state index in [2.05, 4.69) is 10.1 Å². The van der Waals surface area contributed by atoms with Gasteiger partial charge in [-0.05, 0) is 0 Å². The minimum Gasteiger partial charge on any atom is -0.384 e. The van der Waals surface area contributed by atoms with Crippen molar-refractivity contribution < 1.29 is 9.53 Å². The van der Waals surface area contributed by atoms with E-state index in [1.807, 2.05) is 0 Å². The normalized spacial score (nSPS) is 8.40. The zero-order valence-corrected chi connectivity index (χ0v) is 5.89. The van der Waals surface area contributed by atoms with Crippen LogP contribution in [0.3, 0.4) is 0 Å². The van der Waals surface area contributed by atoms with E-state index >= 15 is 0 Å². The maximum absolute atomic E-state index is 10.6. The molecule has 0 rings (SSSR count). The van der Waals surface area contributed by atoms with Crippen molar-refractivity contribution in [3.63, 3.8) is 0 Å². The van der Waals surface area contributed by atoms with Gasteiger partial charge in [0.1, 0.15) is 6.54 Å². The molecule has 0 fully saturated rings. The van der Waals surface area contributed by atoms with Gasteiger partial charge < -0.3 is 10.1 Å². The van der Waals surface area contributed by atoms with E-state index in [0.29, 0.717) is 13.0 Å². The number of hydrogen-bond donors (Lipinski definition) is 1. The van der Waals surface area contributed by atoms with Crippen LogP contribution in [0.4, 0.5) is 0 Å². The van der Waals surface area contributed by atoms with Crippen molar-refractivity contribution in [2.45, 2.75) is 6.42 Å². The van der Waals surface area contributed by atoms with Crippen LogP contribution in [0.2, 0.25) is 0 Å². The number of carbonyl (C=O) groups excluding carboxylic acids is 1. The molecular formula is C6H10N2O2. The molecule has 0 saturated heterocycles. The van der Waals surface area contributed by atoms with Gasteiger partial charge in [0, 0.05) is 13.5 Å². The predicted molar refractivity (Wildman–Crippen MR) is 35.1 cm³/mol. The quantitative estimate of drug-likeness (QED) is 0.546. The number of hydrogen-bond acceptors (Lipinski definition) is 3. The fourth-order valence-electron chi connectivity index (χ4n) is 0.421. The van der Waals surface area contributed by atoms with Gasteiger partial charge in [-0.2, -0.15) is 5.26 Å². The molecule has 0 aliphatic rings. The second-order valence-electron chi connectivity index (χ2n) is 1.68. The molecule has 0 bridgehead atoms. The Kier molecular flexibility index (Phi) is 5.39. The lowest BCUT2D eigenvalue weighted by molar-refractivity contribution is -0.121. The zero-order chi connectivity index (χ0) is 7.82. The molecule has 0 aromatic carbocycles. The standard InChI is InChI=1S/C6H10N2O2/c1-10-5-2-6(9)8-4-3-7/h2,4-5H2,1H3,(H,8,9). The van der Waals surface area contributed by atoms with Crippen LogP contribution < -0.4 is 5.32 Å². The van der Waals surface area contributed by atoms with Crippen LogP contribution in [0.25, 0.3) is 0 Å². The molecule has 10 heavy (non-hydrogen) atoms. The highest BCUT2D eigenvalue weighted by atomic mass is 16.5. The van der Waals surface area contributed by atoms with Gasteiger partial charge in [0.25, 0.3) is 0 Å². The number of nitrogens with one attached hydrogen (secondary N) is 1. The summed E-state index contributed by atoms with van der Waals surface area (Å²) in [7, 11) is 1.53. The molecule has 0 aliphatic heterocycles. The first-order chi connectivity index (χ1) is 4.81. The number of amides is 1. The fraction of sp³-hybridized carbons (Fsp3) is 0.667. The maximum Gasteiger partial charge on any atom is 0.223 e. The first-order valence-corrected chi connectivity index (χ1v) is 2.94. The molecule has 1 amide bonds. The van der Waals surface area contributed by atoms with Crippen molar-refractivity contribution in [1.82, 2.24) is 5.32 Å². The fourth-order valence-corrected chi connectivity index (χ4v) is 0.421. The van der Waals surface area contributed by atoms with Crippen molar-refractivity contribution in [3.8, 4) is 6.07 Å². The first kappa shape index (κ1) is 8.92. The molecule has 0 aromatic heterocycles. The average Bonchev–Trinajstić information content (AvgIpc) is 1.97. The van der Waals surface area contributed by atoms with Gasteiger partial charge in [-0.1, -0.05) is 0 Å². The first-order valence-electron chi connectivity index (χ1n) is 2.94. The predicted octanol–water partition coefficient (Wildman–Crippen LogP) is -0.337. The maximum atomic E-state index is 10.6. The van der Waals surface area contributed by atoms with E-state index in [1.54, 1.807) is 6.07 Å². The van der Waals surface area contributed by atoms with Crippen LogP contribution in [0.15, 0.2) is 0 Å². The molecule has 0 spiro atoms. The van der Waals surface area contributed by atoms with Crippen molar-refractivity contribution >= 4 is 5.91 Å². The Morgan fingerprint density at radius 3 is 3.00 bits per heavy atom. The summed E-state index contributed by atoms with van der Waals surface area (Å²) in [6.07, 6.45) is 0.318. The lowest BCUT2D eigenvalue weighted by atomic mass is 10.4. The Hall–Kier alpha value is -1.08. The molecule has 4 heteroatoms. The Morgan fingerprint density at radius 1 is 1.80 bits per heavy atom. The minimum atomic E-state index is -0.150. The topological polar surface area (TPSA) is 62.1 Å². The van der Waals surface area contributed by atoms with Crippen molar-refractivity contribution in [2.24, 2.45) is 0 Å². The van der Waals surface area contributed by atoms with Crippen LogP contribution >= 0.6 is 0 Å². The van der Waals surface area contributed by atoms with Gasteiger partial charge in [0.05, 0.1) is 12.7 Å². The van der Waals surface area contributed by atoms with Gasteiger partial charge in [-0.25, -0.2) is 0 Å². The summed E-state index contributed by atoms with van der Waals surface area (Å²) >= 11 is 0. The molecule has 0 radical (unpaired) electrons. The zero-order valence-electron chi connectivity index (χ0n) is 5.89. The van der Waals surface area contributed by atoms with E-state index in [0.717, 1.165) is 0 Å². The molecule has 0 saturated carbocycles. The van der Waals surface area contributed by atoms with E-state index in [4.69, 9.17) is 5.26 Å². The second-order valence-corrected chi connectivity index (χ2v) is 1.68. The van der Waals surface area contributed by atoms with E-state index in [9.17, 15) is 4.79 Å². The molecule has 1 N–H and O–H groups in total. The molecular weight excluding hydrogens is 132 g/mol. The van der Waals surface area contributed by atoms with Crippen LogP contribution in [-0.4, -0.2) is 26.2 Å². The number of ether oxygens (including phenoxy) is 1. The van der Waals surface area contributed by atoms with Gasteiger partial charge in [0.2, 0.25) is 5.91 Å². The van der Waals surface area contributed by atoms with Gasteiger partial charge in [-0.15, -0.1) is 0 Å². The number of methoxy groups -OCH3 is 1. The molecule has 0 atom stereocenters. The Balaban J connectivity index is 3.19. The average molecular weight is 142 g/mol. The molecule has 0 unspecified atom stereocenters. The van der Waals surface area contributed by atoms with Crippen LogP contribution in [-0.2, 0) is 9.53 Å². The summed E-state index contributed by atoms with van der Waals surface area (Å²) in [5.74, 6) is -0.150. The highest BCUT2D eigenvalue weighted by Gasteiger charge is 1.96. The largest absolute Gasteiger partial charge is 0.384 e. The van der Waals surface area contributed by atoms with Gasteiger partial charge in [0.15, 0.2) is 0 Å². The molecule has 0 aromatic rings.